The Bertz CT molecular complexity index is 644. The van der Waals surface area contributed by atoms with Gasteiger partial charge in [-0.1, -0.05) is 54.3 Å². The summed E-state index contributed by atoms with van der Waals surface area (Å²) in [5.41, 5.74) is 3.19. The maximum atomic E-state index is 6.07. The molecule has 0 radical (unpaired) electrons. The molecule has 0 amide bonds. The van der Waals surface area contributed by atoms with E-state index in [9.17, 15) is 0 Å². The van der Waals surface area contributed by atoms with Gasteiger partial charge in [0.15, 0.2) is 0 Å². The molecule has 0 aliphatic carbocycles. The van der Waals surface area contributed by atoms with Crippen LogP contribution in [-0.4, -0.2) is 0 Å². The van der Waals surface area contributed by atoms with Gasteiger partial charge in [-0.15, -0.1) is 0 Å². The van der Waals surface area contributed by atoms with Crippen LogP contribution in [0, 0.1) is 11.8 Å². The second kappa shape index (κ2) is 4.57. The molecular weight excluding hydrogens is 232 g/mol. The molecule has 1 aliphatic heterocycles. The van der Waals surface area contributed by atoms with Gasteiger partial charge in [-0.2, -0.15) is 0 Å². The van der Waals surface area contributed by atoms with Crippen molar-refractivity contribution in [1.29, 1.82) is 0 Å². The van der Waals surface area contributed by atoms with Crippen LogP contribution in [0.4, 0.5) is 0 Å². The third-order valence-electron chi connectivity index (χ3n) is 3.43. The predicted molar refractivity (Wildman–Crippen MR) is 76.6 cm³/mol. The summed E-state index contributed by atoms with van der Waals surface area (Å²) in [5, 5.41) is 0. The minimum Gasteiger partial charge on any atom is -0.350 e. The zero-order chi connectivity index (χ0) is 13.3. The lowest BCUT2D eigenvalue weighted by Gasteiger charge is -2.18. The number of rotatable bonds is 0. The highest BCUT2D eigenvalue weighted by Gasteiger charge is 2.36. The summed E-state index contributed by atoms with van der Waals surface area (Å²) in [7, 11) is 0. The molecule has 0 saturated heterocycles. The van der Waals surface area contributed by atoms with Crippen molar-refractivity contribution in [2.24, 2.45) is 0 Å². The number of fused-ring (bicyclic) bond motifs is 1. The molecule has 1 atom stereocenters. The highest BCUT2D eigenvalue weighted by atomic mass is 16.5. The molecule has 1 aliphatic rings. The Hall–Kier alpha value is -2.04. The molecule has 1 unspecified atom stereocenters. The van der Waals surface area contributed by atoms with Gasteiger partial charge in [-0.05, 0) is 37.1 Å². The number of ether oxygens (including phenoxy) is 1. The molecule has 1 nitrogen and oxygen atoms in total. The lowest BCUT2D eigenvalue weighted by molar-refractivity contribution is -0.0267. The molecule has 0 aromatic heterocycles. The monoisotopic (exact) mass is 248 g/mol. The standard InChI is InChI=1S/C18H16O/c1-18(2)16-11-7-6-10-15(16)17(19-18)13-12-14-8-4-3-5-9-14/h3-11,17H,1-2H3. The van der Waals surface area contributed by atoms with E-state index >= 15 is 0 Å². The van der Waals surface area contributed by atoms with Gasteiger partial charge in [0, 0.05) is 5.56 Å². The Labute approximate surface area is 114 Å². The minimum atomic E-state index is -0.257. The number of hydrogen-bond acceptors (Lipinski definition) is 1. The first-order chi connectivity index (χ1) is 9.17. The van der Waals surface area contributed by atoms with Gasteiger partial charge in [-0.3, -0.25) is 0 Å². The Morgan fingerprint density at radius 2 is 1.63 bits per heavy atom. The van der Waals surface area contributed by atoms with E-state index in [0.29, 0.717) is 0 Å². The first-order valence-electron chi connectivity index (χ1n) is 6.51. The van der Waals surface area contributed by atoms with Crippen molar-refractivity contribution in [3.63, 3.8) is 0 Å². The van der Waals surface area contributed by atoms with Gasteiger partial charge in [0.25, 0.3) is 0 Å². The third-order valence-corrected chi connectivity index (χ3v) is 3.43. The topological polar surface area (TPSA) is 9.23 Å². The van der Waals surface area contributed by atoms with E-state index in [2.05, 4.69) is 43.9 Å². The quantitative estimate of drug-likeness (QED) is 0.639. The first kappa shape index (κ1) is 12.0. The fourth-order valence-electron chi connectivity index (χ4n) is 2.47. The second-order valence-corrected chi connectivity index (χ2v) is 5.23. The van der Waals surface area contributed by atoms with Crippen LogP contribution in [0.3, 0.4) is 0 Å². The van der Waals surface area contributed by atoms with Crippen LogP contribution in [0.25, 0.3) is 0 Å². The fourth-order valence-corrected chi connectivity index (χ4v) is 2.47. The summed E-state index contributed by atoms with van der Waals surface area (Å²) in [6, 6.07) is 18.3. The predicted octanol–water partition coefficient (Wildman–Crippen LogP) is 4.04. The van der Waals surface area contributed by atoms with Crippen LogP contribution >= 0.6 is 0 Å². The van der Waals surface area contributed by atoms with E-state index in [1.54, 1.807) is 0 Å². The van der Waals surface area contributed by atoms with Gasteiger partial charge in [0.1, 0.15) is 6.10 Å². The van der Waals surface area contributed by atoms with E-state index in [1.807, 2.05) is 36.4 Å². The second-order valence-electron chi connectivity index (χ2n) is 5.23. The molecule has 1 heteroatoms. The zero-order valence-corrected chi connectivity index (χ0v) is 11.2. The number of benzene rings is 2. The SMILES string of the molecule is CC1(C)OC(C#Cc2ccccc2)c2ccccc21. The van der Waals surface area contributed by atoms with E-state index in [4.69, 9.17) is 4.74 Å². The van der Waals surface area contributed by atoms with Gasteiger partial charge in [0.2, 0.25) is 0 Å². The summed E-state index contributed by atoms with van der Waals surface area (Å²) in [4.78, 5) is 0. The average Bonchev–Trinajstić information content (AvgIpc) is 2.70. The molecular formula is C18H16O. The molecule has 2 aromatic carbocycles. The van der Waals surface area contributed by atoms with Crippen LogP contribution in [-0.2, 0) is 10.3 Å². The van der Waals surface area contributed by atoms with Crippen LogP contribution < -0.4 is 0 Å². The molecule has 19 heavy (non-hydrogen) atoms. The van der Waals surface area contributed by atoms with Crippen molar-refractivity contribution >= 4 is 0 Å². The summed E-state index contributed by atoms with van der Waals surface area (Å²) in [5.74, 6) is 6.43. The smallest absolute Gasteiger partial charge is 0.145 e. The van der Waals surface area contributed by atoms with Gasteiger partial charge < -0.3 is 4.74 Å². The number of hydrogen-bond donors (Lipinski definition) is 0. The van der Waals surface area contributed by atoms with Crippen molar-refractivity contribution < 1.29 is 4.74 Å². The van der Waals surface area contributed by atoms with Gasteiger partial charge in [-0.25, -0.2) is 0 Å². The zero-order valence-electron chi connectivity index (χ0n) is 11.2. The molecule has 0 fully saturated rings. The van der Waals surface area contributed by atoms with Crippen molar-refractivity contribution in [3.05, 3.63) is 71.3 Å². The fraction of sp³-hybridized carbons (Fsp3) is 0.222. The summed E-state index contributed by atoms with van der Waals surface area (Å²) in [6.07, 6.45) is -0.133. The van der Waals surface area contributed by atoms with Crippen molar-refractivity contribution in [1.82, 2.24) is 0 Å². The highest BCUT2D eigenvalue weighted by molar-refractivity contribution is 5.43. The molecule has 1 heterocycles. The summed E-state index contributed by atoms with van der Waals surface area (Å²) < 4.78 is 6.07. The molecule has 0 bridgehead atoms. The van der Waals surface area contributed by atoms with E-state index in [0.717, 1.165) is 5.56 Å². The lowest BCUT2D eigenvalue weighted by Crippen LogP contribution is -2.15. The van der Waals surface area contributed by atoms with Gasteiger partial charge >= 0.3 is 0 Å². The maximum Gasteiger partial charge on any atom is 0.145 e. The first-order valence-corrected chi connectivity index (χ1v) is 6.51. The largest absolute Gasteiger partial charge is 0.350 e. The Morgan fingerprint density at radius 3 is 2.42 bits per heavy atom. The van der Waals surface area contributed by atoms with Crippen LogP contribution in [0.2, 0.25) is 0 Å². The van der Waals surface area contributed by atoms with Crippen molar-refractivity contribution in [3.8, 4) is 11.8 Å². The average molecular weight is 248 g/mol. The van der Waals surface area contributed by atoms with Crippen molar-refractivity contribution in [2.75, 3.05) is 0 Å². The third kappa shape index (κ3) is 2.28. The van der Waals surface area contributed by atoms with E-state index in [1.165, 1.54) is 11.1 Å². The van der Waals surface area contributed by atoms with Crippen LogP contribution in [0.1, 0.15) is 36.6 Å². The Kier molecular flexibility index (Phi) is 2.89. The highest BCUT2D eigenvalue weighted by Crippen LogP contribution is 2.42. The van der Waals surface area contributed by atoms with E-state index in [-0.39, 0.29) is 11.7 Å². The normalized spacial score (nSPS) is 19.4. The minimum absolute atomic E-state index is 0.133. The van der Waals surface area contributed by atoms with Crippen LogP contribution in [0.15, 0.2) is 54.6 Å². The van der Waals surface area contributed by atoms with E-state index < -0.39 is 0 Å². The molecule has 2 aromatic rings. The molecule has 3 rings (SSSR count). The maximum absolute atomic E-state index is 6.07. The Balaban J connectivity index is 1.95. The molecule has 94 valence electrons. The molecule has 0 spiro atoms. The summed E-state index contributed by atoms with van der Waals surface area (Å²) in [6.45, 7) is 4.19. The lowest BCUT2D eigenvalue weighted by atomic mass is 9.95. The Morgan fingerprint density at radius 1 is 0.947 bits per heavy atom. The molecule has 0 N–H and O–H groups in total. The van der Waals surface area contributed by atoms with Gasteiger partial charge in [0.05, 0.1) is 5.60 Å². The van der Waals surface area contributed by atoms with Crippen molar-refractivity contribution in [2.45, 2.75) is 25.6 Å². The molecule has 0 saturated carbocycles. The summed E-state index contributed by atoms with van der Waals surface area (Å²) >= 11 is 0. The van der Waals surface area contributed by atoms with Crippen LogP contribution in [0.5, 0.6) is 0 Å².